The molecule has 0 unspecified atom stereocenters. The van der Waals surface area contributed by atoms with Crippen LogP contribution in [0.1, 0.15) is 17.3 Å². The Kier molecular flexibility index (Phi) is 3.40. The van der Waals surface area contributed by atoms with Gasteiger partial charge in [0.15, 0.2) is 0 Å². The molecule has 0 bridgehead atoms. The minimum absolute atomic E-state index is 0.630. The Bertz CT molecular complexity index is 414. The summed E-state index contributed by atoms with van der Waals surface area (Å²) in [4.78, 5) is 0. The van der Waals surface area contributed by atoms with E-state index in [2.05, 4.69) is 22.3 Å². The predicted molar refractivity (Wildman–Crippen MR) is 60.5 cm³/mol. The van der Waals surface area contributed by atoms with Gasteiger partial charge in [0.05, 0.1) is 5.75 Å². The van der Waals surface area contributed by atoms with Crippen molar-refractivity contribution in [2.75, 3.05) is 0 Å². The number of benzene rings is 1. The third-order valence-corrected chi connectivity index (χ3v) is 2.89. The van der Waals surface area contributed by atoms with Crippen LogP contribution in [0.2, 0.25) is 0 Å². The molecule has 0 aliphatic rings. The highest BCUT2D eigenvalue weighted by molar-refractivity contribution is 7.97. The molecular weight excluding hydrogens is 208 g/mol. The summed E-state index contributed by atoms with van der Waals surface area (Å²) in [5.74, 6) is 3.08. The summed E-state index contributed by atoms with van der Waals surface area (Å²) in [7, 11) is 0. The van der Waals surface area contributed by atoms with E-state index in [-0.39, 0.29) is 0 Å². The van der Waals surface area contributed by atoms with Crippen LogP contribution in [0.4, 0.5) is 0 Å². The van der Waals surface area contributed by atoms with Crippen LogP contribution >= 0.6 is 11.8 Å². The molecule has 0 atom stereocenters. The summed E-state index contributed by atoms with van der Waals surface area (Å²) in [6.45, 7) is 1.80. The first-order valence-corrected chi connectivity index (χ1v) is 5.91. The molecule has 78 valence electrons. The molecule has 1 heterocycles. The van der Waals surface area contributed by atoms with Crippen LogP contribution in [0.15, 0.2) is 34.7 Å². The molecule has 2 rings (SSSR count). The van der Waals surface area contributed by atoms with E-state index in [1.807, 2.05) is 18.2 Å². The molecule has 3 nitrogen and oxygen atoms in total. The average molecular weight is 220 g/mol. The topological polar surface area (TPSA) is 38.9 Å². The molecule has 0 radical (unpaired) electrons. The molecule has 0 spiro atoms. The molecule has 1 aromatic heterocycles. The molecule has 0 fully saturated rings. The molecule has 1 aromatic carbocycles. The maximum absolute atomic E-state index is 5.28. The molecular formula is C11H12N2OS. The smallest absolute Gasteiger partial charge is 0.226 e. The quantitative estimate of drug-likeness (QED) is 0.794. The minimum atomic E-state index is 0.630. The van der Waals surface area contributed by atoms with E-state index in [4.69, 9.17) is 4.42 Å². The van der Waals surface area contributed by atoms with Gasteiger partial charge in [-0.05, 0) is 5.56 Å². The third kappa shape index (κ3) is 3.09. The van der Waals surface area contributed by atoms with Gasteiger partial charge in [-0.3, -0.25) is 0 Å². The lowest BCUT2D eigenvalue weighted by Gasteiger charge is -1.98. The van der Waals surface area contributed by atoms with Crippen molar-refractivity contribution >= 4 is 11.8 Å². The van der Waals surface area contributed by atoms with Crippen LogP contribution in [-0.4, -0.2) is 10.2 Å². The summed E-state index contributed by atoms with van der Waals surface area (Å²) in [6, 6.07) is 10.4. The van der Waals surface area contributed by atoms with E-state index in [9.17, 15) is 0 Å². The molecule has 2 aromatic rings. The molecule has 0 saturated heterocycles. The Labute approximate surface area is 92.9 Å². The van der Waals surface area contributed by atoms with Crippen LogP contribution < -0.4 is 0 Å². The first-order valence-electron chi connectivity index (χ1n) is 4.75. The summed E-state index contributed by atoms with van der Waals surface area (Å²) in [5, 5.41) is 7.72. The van der Waals surface area contributed by atoms with Gasteiger partial charge in [0, 0.05) is 12.7 Å². The van der Waals surface area contributed by atoms with Crippen molar-refractivity contribution in [2.45, 2.75) is 18.4 Å². The summed E-state index contributed by atoms with van der Waals surface area (Å²) >= 11 is 1.78. The van der Waals surface area contributed by atoms with Gasteiger partial charge in [-0.2, -0.15) is 0 Å². The van der Waals surface area contributed by atoms with Crippen molar-refractivity contribution in [3.63, 3.8) is 0 Å². The number of hydrogen-bond acceptors (Lipinski definition) is 4. The van der Waals surface area contributed by atoms with E-state index in [0.717, 1.165) is 11.5 Å². The fraction of sp³-hybridized carbons (Fsp3) is 0.273. The molecule has 0 aliphatic heterocycles. The minimum Gasteiger partial charge on any atom is -0.425 e. The Morgan fingerprint density at radius 1 is 1.13 bits per heavy atom. The second kappa shape index (κ2) is 4.98. The van der Waals surface area contributed by atoms with Gasteiger partial charge in [-0.15, -0.1) is 22.0 Å². The second-order valence-electron chi connectivity index (χ2n) is 3.19. The van der Waals surface area contributed by atoms with Crippen molar-refractivity contribution in [1.82, 2.24) is 10.2 Å². The van der Waals surface area contributed by atoms with Gasteiger partial charge >= 0.3 is 0 Å². The fourth-order valence-corrected chi connectivity index (χ4v) is 2.05. The lowest BCUT2D eigenvalue weighted by atomic mass is 10.2. The number of rotatable bonds is 4. The van der Waals surface area contributed by atoms with Crippen LogP contribution in [0.3, 0.4) is 0 Å². The first-order chi connectivity index (χ1) is 7.34. The maximum atomic E-state index is 5.28. The molecule has 15 heavy (non-hydrogen) atoms. The van der Waals surface area contributed by atoms with Gasteiger partial charge in [0.1, 0.15) is 0 Å². The van der Waals surface area contributed by atoms with Gasteiger partial charge < -0.3 is 4.42 Å². The Balaban J connectivity index is 1.80. The highest BCUT2D eigenvalue weighted by Crippen LogP contribution is 2.16. The number of aromatic nitrogens is 2. The van der Waals surface area contributed by atoms with Gasteiger partial charge in [-0.25, -0.2) is 0 Å². The van der Waals surface area contributed by atoms with Crippen LogP contribution in [-0.2, 0) is 11.5 Å². The molecule has 0 N–H and O–H groups in total. The van der Waals surface area contributed by atoms with Crippen LogP contribution in [0, 0.1) is 6.92 Å². The number of nitrogens with zero attached hydrogens (tertiary/aromatic N) is 2. The lowest BCUT2D eigenvalue weighted by Crippen LogP contribution is -1.83. The van der Waals surface area contributed by atoms with Crippen molar-refractivity contribution < 1.29 is 4.42 Å². The number of aryl methyl sites for hydroxylation is 1. The van der Waals surface area contributed by atoms with E-state index < -0.39 is 0 Å². The molecule has 0 aliphatic carbocycles. The van der Waals surface area contributed by atoms with E-state index in [1.165, 1.54) is 5.56 Å². The Morgan fingerprint density at radius 2 is 1.93 bits per heavy atom. The Hall–Kier alpha value is -1.29. The second-order valence-corrected chi connectivity index (χ2v) is 4.18. The van der Waals surface area contributed by atoms with Crippen LogP contribution in [0.25, 0.3) is 0 Å². The third-order valence-electron chi connectivity index (χ3n) is 1.90. The standard InChI is InChI=1S/C11H12N2OS/c1-9-12-13-11(14-9)8-15-7-10-5-3-2-4-6-10/h2-6H,7-8H2,1H3. The van der Waals surface area contributed by atoms with Gasteiger partial charge in [-0.1, -0.05) is 30.3 Å². The van der Waals surface area contributed by atoms with Gasteiger partial charge in [0.25, 0.3) is 0 Å². The van der Waals surface area contributed by atoms with E-state index in [0.29, 0.717) is 11.8 Å². The van der Waals surface area contributed by atoms with Crippen molar-refractivity contribution in [1.29, 1.82) is 0 Å². The fourth-order valence-electron chi connectivity index (χ4n) is 1.23. The maximum Gasteiger partial charge on any atom is 0.226 e. The normalized spacial score (nSPS) is 10.5. The lowest BCUT2D eigenvalue weighted by molar-refractivity contribution is 0.485. The molecule has 0 saturated carbocycles. The van der Waals surface area contributed by atoms with E-state index >= 15 is 0 Å². The zero-order valence-corrected chi connectivity index (χ0v) is 9.33. The van der Waals surface area contributed by atoms with Crippen molar-refractivity contribution in [3.8, 4) is 0 Å². The largest absolute Gasteiger partial charge is 0.425 e. The Morgan fingerprint density at radius 3 is 2.60 bits per heavy atom. The number of thioether (sulfide) groups is 1. The summed E-state index contributed by atoms with van der Waals surface area (Å²) in [5.41, 5.74) is 1.32. The van der Waals surface area contributed by atoms with Crippen molar-refractivity contribution in [2.24, 2.45) is 0 Å². The molecule has 4 heteroatoms. The van der Waals surface area contributed by atoms with Gasteiger partial charge in [0.2, 0.25) is 11.8 Å². The van der Waals surface area contributed by atoms with Crippen molar-refractivity contribution in [3.05, 3.63) is 47.7 Å². The summed E-state index contributed by atoms with van der Waals surface area (Å²) < 4.78 is 5.28. The zero-order valence-electron chi connectivity index (χ0n) is 8.51. The number of hydrogen-bond donors (Lipinski definition) is 0. The van der Waals surface area contributed by atoms with E-state index in [1.54, 1.807) is 18.7 Å². The average Bonchev–Trinajstić information content (AvgIpc) is 2.66. The highest BCUT2D eigenvalue weighted by Gasteiger charge is 2.01. The SMILES string of the molecule is Cc1nnc(CSCc2ccccc2)o1. The van der Waals surface area contributed by atoms with Crippen LogP contribution in [0.5, 0.6) is 0 Å². The monoisotopic (exact) mass is 220 g/mol. The predicted octanol–water partition coefficient (Wildman–Crippen LogP) is 2.81. The summed E-state index contributed by atoms with van der Waals surface area (Å²) in [6.07, 6.45) is 0. The highest BCUT2D eigenvalue weighted by atomic mass is 32.2. The zero-order chi connectivity index (χ0) is 10.5. The molecule has 0 amide bonds. The first kappa shape index (κ1) is 10.2.